The predicted molar refractivity (Wildman–Crippen MR) is 76.9 cm³/mol. The fourth-order valence-corrected chi connectivity index (χ4v) is 6.23. The van der Waals surface area contributed by atoms with E-state index in [-0.39, 0.29) is 6.10 Å². The minimum Gasteiger partial charge on any atom is -0.392 e. The van der Waals surface area contributed by atoms with Gasteiger partial charge in [0.2, 0.25) is 0 Å². The van der Waals surface area contributed by atoms with E-state index >= 15 is 0 Å². The molecule has 0 amide bonds. The van der Waals surface area contributed by atoms with Crippen LogP contribution < -0.4 is 0 Å². The van der Waals surface area contributed by atoms with Crippen molar-refractivity contribution < 1.29 is 5.11 Å². The second-order valence-electron chi connectivity index (χ2n) is 8.26. The molecule has 2 heteroatoms. The Morgan fingerprint density at radius 1 is 1.00 bits per heavy atom. The van der Waals surface area contributed by atoms with E-state index in [9.17, 15) is 5.11 Å². The third-order valence-corrected chi connectivity index (χ3v) is 6.60. The van der Waals surface area contributed by atoms with Gasteiger partial charge in [-0.1, -0.05) is 0 Å². The molecule has 0 spiro atoms. The van der Waals surface area contributed by atoms with E-state index in [1.165, 1.54) is 45.2 Å². The molecule has 1 N–H and O–H groups in total. The van der Waals surface area contributed by atoms with Crippen molar-refractivity contribution in [3.63, 3.8) is 0 Å². The van der Waals surface area contributed by atoms with Crippen LogP contribution in [0.1, 0.15) is 57.8 Å². The van der Waals surface area contributed by atoms with Gasteiger partial charge in [0.1, 0.15) is 0 Å². The molecular formula is C17H29NO. The van der Waals surface area contributed by atoms with Gasteiger partial charge in [-0.25, -0.2) is 0 Å². The van der Waals surface area contributed by atoms with E-state index in [1.807, 2.05) is 0 Å². The van der Waals surface area contributed by atoms with Crippen LogP contribution in [-0.2, 0) is 0 Å². The van der Waals surface area contributed by atoms with E-state index in [0.717, 1.165) is 36.1 Å². The third-order valence-electron chi connectivity index (χ3n) is 6.60. The highest BCUT2D eigenvalue weighted by Gasteiger charge is 2.50. The summed E-state index contributed by atoms with van der Waals surface area (Å²) in [5.74, 6) is 3.24. The molecular weight excluding hydrogens is 234 g/mol. The average Bonchev–Trinajstić information content (AvgIpc) is 2.35. The number of likely N-dealkylation sites (tertiary alicyclic amines) is 1. The summed E-state index contributed by atoms with van der Waals surface area (Å²) in [7, 11) is 0. The first kappa shape index (κ1) is 12.6. The van der Waals surface area contributed by atoms with Crippen LogP contribution in [0.15, 0.2) is 0 Å². The number of piperidine rings is 1. The SMILES string of the molecule is O[C@H]1CCCN(CCC23CC4CC(CC(C4)C2)C3)C1. The molecule has 0 aromatic rings. The summed E-state index contributed by atoms with van der Waals surface area (Å²) in [6.07, 6.45) is 12.9. The number of hydrogen-bond acceptors (Lipinski definition) is 2. The van der Waals surface area contributed by atoms with Crippen LogP contribution in [0.25, 0.3) is 0 Å². The van der Waals surface area contributed by atoms with Crippen LogP contribution in [0.4, 0.5) is 0 Å². The molecule has 4 bridgehead atoms. The topological polar surface area (TPSA) is 23.5 Å². The van der Waals surface area contributed by atoms with Crippen molar-refractivity contribution in [2.75, 3.05) is 19.6 Å². The maximum absolute atomic E-state index is 9.80. The van der Waals surface area contributed by atoms with Crippen molar-refractivity contribution in [2.45, 2.75) is 63.9 Å². The number of aliphatic hydroxyl groups is 1. The lowest BCUT2D eigenvalue weighted by Gasteiger charge is -2.57. The Balaban J connectivity index is 1.37. The molecule has 0 unspecified atom stereocenters. The van der Waals surface area contributed by atoms with Crippen LogP contribution in [0.2, 0.25) is 0 Å². The molecule has 1 atom stereocenters. The van der Waals surface area contributed by atoms with Crippen molar-refractivity contribution in [1.29, 1.82) is 0 Å². The fourth-order valence-electron chi connectivity index (χ4n) is 6.23. The van der Waals surface area contributed by atoms with Gasteiger partial charge in [0.25, 0.3) is 0 Å². The lowest BCUT2D eigenvalue weighted by molar-refractivity contribution is -0.0634. The number of rotatable bonds is 3. The van der Waals surface area contributed by atoms with Crippen molar-refractivity contribution in [3.05, 3.63) is 0 Å². The van der Waals surface area contributed by atoms with Gasteiger partial charge in [0.05, 0.1) is 6.10 Å². The maximum Gasteiger partial charge on any atom is 0.0667 e. The van der Waals surface area contributed by atoms with Gasteiger partial charge in [0.15, 0.2) is 0 Å². The first-order chi connectivity index (χ1) is 9.21. The van der Waals surface area contributed by atoms with Crippen molar-refractivity contribution in [2.24, 2.45) is 23.2 Å². The van der Waals surface area contributed by atoms with Gasteiger partial charge in [-0.15, -0.1) is 0 Å². The van der Waals surface area contributed by atoms with E-state index in [1.54, 1.807) is 19.3 Å². The molecule has 2 nitrogen and oxygen atoms in total. The second-order valence-corrected chi connectivity index (χ2v) is 8.26. The minimum atomic E-state index is -0.0508. The Hall–Kier alpha value is -0.0800. The lowest BCUT2D eigenvalue weighted by atomic mass is 9.49. The highest BCUT2D eigenvalue weighted by Crippen LogP contribution is 2.61. The molecule has 19 heavy (non-hydrogen) atoms. The molecule has 0 radical (unpaired) electrons. The van der Waals surface area contributed by atoms with Crippen molar-refractivity contribution >= 4 is 0 Å². The number of nitrogens with zero attached hydrogens (tertiary/aromatic N) is 1. The number of β-amino-alcohol motifs (C(OH)–C–C–N with tert-alkyl or cyclic N) is 1. The molecule has 5 aliphatic rings. The van der Waals surface area contributed by atoms with Crippen LogP contribution in [0.3, 0.4) is 0 Å². The molecule has 1 heterocycles. The summed E-state index contributed by atoms with van der Waals surface area (Å²) in [6, 6.07) is 0. The Morgan fingerprint density at radius 3 is 2.21 bits per heavy atom. The summed E-state index contributed by atoms with van der Waals surface area (Å²) < 4.78 is 0. The molecule has 0 aromatic heterocycles. The van der Waals surface area contributed by atoms with Crippen molar-refractivity contribution in [3.8, 4) is 0 Å². The molecule has 5 rings (SSSR count). The van der Waals surface area contributed by atoms with Gasteiger partial charge in [-0.05, 0) is 94.0 Å². The van der Waals surface area contributed by atoms with Crippen LogP contribution in [-0.4, -0.2) is 35.7 Å². The lowest BCUT2D eigenvalue weighted by Crippen LogP contribution is -2.48. The van der Waals surface area contributed by atoms with Crippen LogP contribution >= 0.6 is 0 Å². The molecule has 0 aromatic carbocycles. The van der Waals surface area contributed by atoms with Gasteiger partial charge in [0, 0.05) is 6.54 Å². The monoisotopic (exact) mass is 263 g/mol. The van der Waals surface area contributed by atoms with E-state index < -0.39 is 0 Å². The van der Waals surface area contributed by atoms with E-state index in [2.05, 4.69) is 4.90 Å². The summed E-state index contributed by atoms with van der Waals surface area (Å²) >= 11 is 0. The number of aliphatic hydroxyl groups excluding tert-OH is 1. The quantitative estimate of drug-likeness (QED) is 0.846. The molecule has 1 aliphatic heterocycles. The highest BCUT2D eigenvalue weighted by molar-refractivity contribution is 5.01. The van der Waals surface area contributed by atoms with Crippen LogP contribution in [0, 0.1) is 23.2 Å². The minimum absolute atomic E-state index is 0.0508. The second kappa shape index (κ2) is 4.73. The summed E-state index contributed by atoms with van der Waals surface area (Å²) in [6.45, 7) is 3.42. The van der Waals surface area contributed by atoms with E-state index in [0.29, 0.717) is 0 Å². The van der Waals surface area contributed by atoms with Gasteiger partial charge in [-0.2, -0.15) is 0 Å². The summed E-state index contributed by atoms with van der Waals surface area (Å²) in [5, 5.41) is 9.80. The molecule has 1 saturated heterocycles. The Labute approximate surface area is 117 Å². The summed E-state index contributed by atoms with van der Waals surface area (Å²) in [5.41, 5.74) is 0.719. The molecule has 4 aliphatic carbocycles. The molecule has 108 valence electrons. The van der Waals surface area contributed by atoms with Crippen LogP contribution in [0.5, 0.6) is 0 Å². The van der Waals surface area contributed by atoms with Gasteiger partial charge >= 0.3 is 0 Å². The summed E-state index contributed by atoms with van der Waals surface area (Å²) in [4.78, 5) is 2.53. The smallest absolute Gasteiger partial charge is 0.0667 e. The van der Waals surface area contributed by atoms with Gasteiger partial charge < -0.3 is 10.0 Å². The largest absolute Gasteiger partial charge is 0.392 e. The Bertz CT molecular complexity index is 305. The third kappa shape index (κ3) is 2.47. The van der Waals surface area contributed by atoms with Gasteiger partial charge in [-0.3, -0.25) is 0 Å². The number of hydrogen-bond donors (Lipinski definition) is 1. The predicted octanol–water partition coefficient (Wildman–Crippen LogP) is 3.05. The maximum atomic E-state index is 9.80. The normalized spacial score (nSPS) is 49.7. The average molecular weight is 263 g/mol. The Morgan fingerprint density at radius 2 is 1.63 bits per heavy atom. The fraction of sp³-hybridized carbons (Fsp3) is 1.00. The van der Waals surface area contributed by atoms with Crippen molar-refractivity contribution in [1.82, 2.24) is 4.90 Å². The zero-order valence-corrected chi connectivity index (χ0v) is 12.2. The molecule has 5 fully saturated rings. The van der Waals surface area contributed by atoms with E-state index in [4.69, 9.17) is 0 Å². The first-order valence-corrected chi connectivity index (χ1v) is 8.61. The Kier molecular flexibility index (Phi) is 3.15. The highest BCUT2D eigenvalue weighted by atomic mass is 16.3. The first-order valence-electron chi connectivity index (χ1n) is 8.61. The standard InChI is InChI=1S/C17H29NO/c19-16-2-1-4-18(12-16)5-3-17-9-13-6-14(10-17)8-15(7-13)11-17/h13-16,19H,1-12H2/t13?,14?,15?,16-,17?/m0/s1. The molecule has 4 saturated carbocycles. The zero-order chi connectivity index (χ0) is 12.9. The zero-order valence-electron chi connectivity index (χ0n) is 12.2.